The highest BCUT2D eigenvalue weighted by atomic mass is 19.1. The van der Waals surface area contributed by atoms with E-state index < -0.39 is 0 Å². The van der Waals surface area contributed by atoms with E-state index in [4.69, 9.17) is 4.74 Å². The molecular weight excluding hydrogens is 354 g/mol. The van der Waals surface area contributed by atoms with Crippen LogP contribution in [-0.4, -0.2) is 0 Å². The van der Waals surface area contributed by atoms with Gasteiger partial charge in [-0.1, -0.05) is 42.5 Å². The number of allylic oxidation sites excluding steroid dienone is 2. The number of ether oxygens (including phenoxy) is 1. The Hall–Kier alpha value is -2.94. The second kappa shape index (κ2) is 8.39. The van der Waals surface area contributed by atoms with Crippen molar-refractivity contribution in [2.24, 2.45) is 5.92 Å². The Morgan fingerprint density at radius 2 is 1.64 bits per heavy atom. The summed E-state index contributed by atoms with van der Waals surface area (Å²) in [5, 5.41) is 0. The zero-order valence-corrected chi connectivity index (χ0v) is 15.5. The van der Waals surface area contributed by atoms with Crippen LogP contribution in [0.1, 0.15) is 29.9 Å². The third-order valence-corrected chi connectivity index (χ3v) is 5.03. The lowest BCUT2D eigenvalue weighted by molar-refractivity contribution is 0.482. The SMILES string of the molecule is FC(=CCc1cccc(Oc2ccccc2)c1)C(c1ccc(F)cc1)C1CC1. The van der Waals surface area contributed by atoms with Crippen molar-refractivity contribution in [3.8, 4) is 11.5 Å². The van der Waals surface area contributed by atoms with E-state index in [2.05, 4.69) is 0 Å². The average molecular weight is 376 g/mol. The van der Waals surface area contributed by atoms with Gasteiger partial charge in [0, 0.05) is 5.92 Å². The number of hydrogen-bond donors (Lipinski definition) is 0. The van der Waals surface area contributed by atoms with Crippen LogP contribution in [0.5, 0.6) is 11.5 Å². The van der Waals surface area contributed by atoms with Crippen molar-refractivity contribution in [3.05, 3.63) is 108 Å². The molecule has 0 N–H and O–H groups in total. The first-order valence-electron chi connectivity index (χ1n) is 9.62. The predicted octanol–water partition coefficient (Wildman–Crippen LogP) is 7.21. The Morgan fingerprint density at radius 3 is 2.36 bits per heavy atom. The van der Waals surface area contributed by atoms with Crippen molar-refractivity contribution in [2.75, 3.05) is 0 Å². The maximum atomic E-state index is 15.0. The van der Waals surface area contributed by atoms with Crippen LogP contribution in [0, 0.1) is 11.7 Å². The zero-order valence-electron chi connectivity index (χ0n) is 15.5. The fourth-order valence-corrected chi connectivity index (χ4v) is 3.46. The van der Waals surface area contributed by atoms with E-state index in [-0.39, 0.29) is 17.6 Å². The van der Waals surface area contributed by atoms with E-state index in [9.17, 15) is 4.39 Å². The fourth-order valence-electron chi connectivity index (χ4n) is 3.46. The molecular formula is C25H22F2O. The molecule has 0 heterocycles. The molecule has 4 rings (SSSR count). The molecule has 0 spiro atoms. The summed E-state index contributed by atoms with van der Waals surface area (Å²) >= 11 is 0. The minimum absolute atomic E-state index is 0.136. The van der Waals surface area contributed by atoms with Gasteiger partial charge in [-0.05, 0) is 78.8 Å². The molecule has 28 heavy (non-hydrogen) atoms. The monoisotopic (exact) mass is 376 g/mol. The number of halogens is 2. The molecule has 0 aromatic heterocycles. The van der Waals surface area contributed by atoms with Gasteiger partial charge in [0.05, 0.1) is 0 Å². The lowest BCUT2D eigenvalue weighted by atomic mass is 9.92. The number of hydrogen-bond acceptors (Lipinski definition) is 1. The molecule has 3 aromatic rings. The molecule has 3 aromatic carbocycles. The van der Waals surface area contributed by atoms with Crippen LogP contribution in [0.25, 0.3) is 0 Å². The van der Waals surface area contributed by atoms with Crippen LogP contribution < -0.4 is 4.74 Å². The van der Waals surface area contributed by atoms with Gasteiger partial charge in [0.15, 0.2) is 0 Å². The smallest absolute Gasteiger partial charge is 0.127 e. The van der Waals surface area contributed by atoms with Crippen LogP contribution in [-0.2, 0) is 6.42 Å². The second-order valence-corrected chi connectivity index (χ2v) is 7.22. The molecule has 3 heteroatoms. The largest absolute Gasteiger partial charge is 0.457 e. The molecule has 1 aliphatic carbocycles. The Balaban J connectivity index is 1.48. The van der Waals surface area contributed by atoms with E-state index >= 15 is 4.39 Å². The normalized spacial score (nSPS) is 15.3. The highest BCUT2D eigenvalue weighted by Crippen LogP contribution is 2.47. The zero-order chi connectivity index (χ0) is 19.3. The van der Waals surface area contributed by atoms with Crippen LogP contribution in [0.15, 0.2) is 90.8 Å². The Morgan fingerprint density at radius 1 is 0.929 bits per heavy atom. The standard InChI is InChI=1S/C25H22F2O/c26-21-14-12-20(13-15-21)25(19-10-11-19)24(27)16-9-18-5-4-8-23(17-18)28-22-6-2-1-3-7-22/h1-8,12-17,19,25H,9-11H2. The highest BCUT2D eigenvalue weighted by Gasteiger charge is 2.35. The van der Waals surface area contributed by atoms with Crippen LogP contribution in [0.4, 0.5) is 8.78 Å². The Labute approximate surface area is 164 Å². The number of para-hydroxylation sites is 1. The van der Waals surface area contributed by atoms with Crippen LogP contribution >= 0.6 is 0 Å². The first kappa shape index (κ1) is 18.4. The van der Waals surface area contributed by atoms with Gasteiger partial charge in [0.1, 0.15) is 23.1 Å². The third kappa shape index (κ3) is 4.66. The van der Waals surface area contributed by atoms with Crippen molar-refractivity contribution in [2.45, 2.75) is 25.2 Å². The first-order valence-corrected chi connectivity index (χ1v) is 9.62. The minimum Gasteiger partial charge on any atom is -0.457 e. The van der Waals surface area contributed by atoms with E-state index in [0.717, 1.165) is 35.5 Å². The van der Waals surface area contributed by atoms with E-state index in [0.29, 0.717) is 12.3 Å². The van der Waals surface area contributed by atoms with Crippen LogP contribution in [0.3, 0.4) is 0 Å². The summed E-state index contributed by atoms with van der Waals surface area (Å²) in [4.78, 5) is 0. The topological polar surface area (TPSA) is 9.23 Å². The van der Waals surface area contributed by atoms with Gasteiger partial charge in [0.25, 0.3) is 0 Å². The van der Waals surface area contributed by atoms with Crippen LogP contribution in [0.2, 0.25) is 0 Å². The van der Waals surface area contributed by atoms with Gasteiger partial charge in [-0.15, -0.1) is 0 Å². The van der Waals surface area contributed by atoms with Crippen molar-refractivity contribution < 1.29 is 13.5 Å². The maximum absolute atomic E-state index is 15.0. The summed E-state index contributed by atoms with van der Waals surface area (Å²) in [6.07, 6.45) is 4.17. The molecule has 1 unspecified atom stereocenters. The highest BCUT2D eigenvalue weighted by molar-refractivity contribution is 5.35. The van der Waals surface area contributed by atoms with Gasteiger partial charge in [0.2, 0.25) is 0 Å². The molecule has 0 bridgehead atoms. The summed E-state index contributed by atoms with van der Waals surface area (Å²) in [6, 6.07) is 23.5. The van der Waals surface area contributed by atoms with E-state index in [1.54, 1.807) is 18.2 Å². The fraction of sp³-hybridized carbons (Fsp3) is 0.200. The average Bonchev–Trinajstić information content (AvgIpc) is 3.54. The quantitative estimate of drug-likeness (QED) is 0.423. The summed E-state index contributed by atoms with van der Waals surface area (Å²) in [5.41, 5.74) is 1.83. The molecule has 0 saturated heterocycles. The number of benzene rings is 3. The molecule has 1 aliphatic rings. The van der Waals surface area contributed by atoms with Gasteiger partial charge in [-0.2, -0.15) is 0 Å². The number of rotatable bonds is 7. The van der Waals surface area contributed by atoms with Gasteiger partial charge < -0.3 is 4.74 Å². The molecule has 1 fully saturated rings. The Kier molecular flexibility index (Phi) is 5.52. The third-order valence-electron chi connectivity index (χ3n) is 5.03. The summed E-state index contributed by atoms with van der Waals surface area (Å²) in [6.45, 7) is 0. The summed E-state index contributed by atoms with van der Waals surface area (Å²) in [5.74, 6) is 1.11. The molecule has 1 saturated carbocycles. The van der Waals surface area contributed by atoms with E-state index in [1.165, 1.54) is 12.1 Å². The lowest BCUT2D eigenvalue weighted by Crippen LogP contribution is -2.03. The maximum Gasteiger partial charge on any atom is 0.127 e. The van der Waals surface area contributed by atoms with Crippen molar-refractivity contribution >= 4 is 0 Å². The predicted molar refractivity (Wildman–Crippen MR) is 108 cm³/mol. The van der Waals surface area contributed by atoms with Crippen molar-refractivity contribution in [1.29, 1.82) is 0 Å². The van der Waals surface area contributed by atoms with Gasteiger partial charge in [-0.3, -0.25) is 0 Å². The Bertz CT molecular complexity index is 944. The minimum atomic E-state index is -0.294. The first-order chi connectivity index (χ1) is 13.7. The summed E-state index contributed by atoms with van der Waals surface area (Å²) in [7, 11) is 0. The molecule has 1 nitrogen and oxygen atoms in total. The molecule has 142 valence electrons. The molecule has 0 amide bonds. The van der Waals surface area contributed by atoms with Crippen molar-refractivity contribution in [3.63, 3.8) is 0 Å². The lowest BCUT2D eigenvalue weighted by Gasteiger charge is -2.15. The van der Waals surface area contributed by atoms with Gasteiger partial charge >= 0.3 is 0 Å². The molecule has 0 aliphatic heterocycles. The molecule has 0 radical (unpaired) electrons. The van der Waals surface area contributed by atoms with E-state index in [1.807, 2.05) is 54.6 Å². The summed E-state index contributed by atoms with van der Waals surface area (Å²) < 4.78 is 34.1. The molecule has 1 atom stereocenters. The van der Waals surface area contributed by atoms with Gasteiger partial charge in [-0.25, -0.2) is 8.78 Å². The van der Waals surface area contributed by atoms with Crippen molar-refractivity contribution in [1.82, 2.24) is 0 Å². The second-order valence-electron chi connectivity index (χ2n) is 7.22.